The fraction of sp³-hybridized carbons (Fsp3) is 0.133. The normalized spacial score (nSPS) is 11.0. The number of carbonyl (C=O) groups is 1. The lowest BCUT2D eigenvalue weighted by molar-refractivity contribution is 0.0963. The van der Waals surface area contributed by atoms with Crippen LogP contribution in [0.15, 0.2) is 47.4 Å². The predicted molar refractivity (Wildman–Crippen MR) is 86.8 cm³/mol. The van der Waals surface area contributed by atoms with Crippen LogP contribution in [0, 0.1) is 6.92 Å². The third kappa shape index (κ3) is 3.58. The molecule has 7 heteroatoms. The summed E-state index contributed by atoms with van der Waals surface area (Å²) in [5.41, 5.74) is 1.50. The Kier molecular flexibility index (Phi) is 4.73. The zero-order chi connectivity index (χ0) is 16.3. The Morgan fingerprint density at radius 3 is 2.50 bits per heavy atom. The van der Waals surface area contributed by atoms with Gasteiger partial charge in [0.25, 0.3) is 15.9 Å². The fourth-order valence-electron chi connectivity index (χ4n) is 1.90. The molecule has 0 atom stereocenters. The maximum Gasteiger partial charge on any atom is 0.261 e. The number of aryl methyl sites for hydroxylation is 1. The zero-order valence-corrected chi connectivity index (χ0v) is 13.6. The molecule has 0 bridgehead atoms. The van der Waals surface area contributed by atoms with E-state index in [1.807, 2.05) is 13.0 Å². The molecule has 0 aliphatic heterocycles. The molecule has 116 valence electrons. The molecule has 2 rings (SSSR count). The Morgan fingerprint density at radius 1 is 1.14 bits per heavy atom. The van der Waals surface area contributed by atoms with Crippen molar-refractivity contribution in [2.75, 3.05) is 11.8 Å². The molecule has 0 aliphatic carbocycles. The minimum atomic E-state index is -3.80. The van der Waals surface area contributed by atoms with Crippen molar-refractivity contribution >= 4 is 33.2 Å². The van der Waals surface area contributed by atoms with Crippen LogP contribution in [-0.2, 0) is 10.0 Å². The largest absolute Gasteiger partial charge is 0.355 e. The first kappa shape index (κ1) is 16.3. The number of sulfonamides is 1. The molecule has 0 unspecified atom stereocenters. The van der Waals surface area contributed by atoms with E-state index in [1.165, 1.54) is 25.2 Å². The minimum Gasteiger partial charge on any atom is -0.355 e. The Labute approximate surface area is 134 Å². The molecule has 2 aromatic carbocycles. The molecule has 0 spiro atoms. The van der Waals surface area contributed by atoms with Crippen molar-refractivity contribution in [3.63, 3.8) is 0 Å². The van der Waals surface area contributed by atoms with Crippen molar-refractivity contribution in [1.82, 2.24) is 5.32 Å². The van der Waals surface area contributed by atoms with Gasteiger partial charge in [-0.25, -0.2) is 8.42 Å². The lowest BCUT2D eigenvalue weighted by Crippen LogP contribution is -2.19. The fourth-order valence-corrected chi connectivity index (χ4v) is 3.18. The van der Waals surface area contributed by atoms with Crippen LogP contribution >= 0.6 is 11.6 Å². The van der Waals surface area contributed by atoms with Gasteiger partial charge in [0.05, 0.1) is 15.5 Å². The number of amides is 1. The highest BCUT2D eigenvalue weighted by atomic mass is 35.5. The molecule has 0 radical (unpaired) electrons. The van der Waals surface area contributed by atoms with E-state index < -0.39 is 15.9 Å². The molecule has 0 aliphatic rings. The summed E-state index contributed by atoms with van der Waals surface area (Å²) in [6, 6.07) is 11.0. The molecule has 2 aromatic rings. The number of benzene rings is 2. The Balaban J connectivity index is 2.39. The summed E-state index contributed by atoms with van der Waals surface area (Å²) >= 11 is 5.92. The van der Waals surface area contributed by atoms with Crippen LogP contribution in [0.3, 0.4) is 0 Å². The molecule has 0 aromatic heterocycles. The first-order valence-electron chi connectivity index (χ1n) is 6.44. The third-order valence-electron chi connectivity index (χ3n) is 2.99. The quantitative estimate of drug-likeness (QED) is 0.900. The predicted octanol–water partition coefficient (Wildman–Crippen LogP) is 2.81. The van der Waals surface area contributed by atoms with Gasteiger partial charge in [0, 0.05) is 12.7 Å². The van der Waals surface area contributed by atoms with Gasteiger partial charge in [0.15, 0.2) is 0 Å². The topological polar surface area (TPSA) is 75.3 Å². The van der Waals surface area contributed by atoms with Gasteiger partial charge in [0.2, 0.25) is 0 Å². The monoisotopic (exact) mass is 338 g/mol. The van der Waals surface area contributed by atoms with E-state index in [4.69, 9.17) is 11.6 Å². The second kappa shape index (κ2) is 6.37. The van der Waals surface area contributed by atoms with E-state index in [1.54, 1.807) is 18.2 Å². The van der Waals surface area contributed by atoms with Crippen LogP contribution in [0.1, 0.15) is 15.9 Å². The summed E-state index contributed by atoms with van der Waals surface area (Å²) in [4.78, 5) is 11.7. The second-order valence-electron chi connectivity index (χ2n) is 4.70. The molecular formula is C15H15ClN2O3S. The van der Waals surface area contributed by atoms with E-state index in [-0.39, 0.29) is 15.5 Å². The summed E-state index contributed by atoms with van der Waals surface area (Å²) < 4.78 is 27.3. The van der Waals surface area contributed by atoms with Crippen LogP contribution in [0.4, 0.5) is 5.69 Å². The van der Waals surface area contributed by atoms with Gasteiger partial charge >= 0.3 is 0 Å². The van der Waals surface area contributed by atoms with Crippen molar-refractivity contribution in [2.24, 2.45) is 0 Å². The summed E-state index contributed by atoms with van der Waals surface area (Å²) in [6.45, 7) is 1.86. The van der Waals surface area contributed by atoms with Gasteiger partial charge in [0.1, 0.15) is 0 Å². The molecule has 0 heterocycles. The maximum absolute atomic E-state index is 12.4. The van der Waals surface area contributed by atoms with Gasteiger partial charge in [-0.1, -0.05) is 23.7 Å². The third-order valence-corrected chi connectivity index (χ3v) is 4.70. The van der Waals surface area contributed by atoms with Crippen LogP contribution < -0.4 is 10.0 Å². The highest BCUT2D eigenvalue weighted by molar-refractivity contribution is 7.92. The summed E-state index contributed by atoms with van der Waals surface area (Å²) in [5.74, 6) is -0.447. The number of carbonyl (C=O) groups excluding carboxylic acids is 1. The van der Waals surface area contributed by atoms with Gasteiger partial charge in [-0.3, -0.25) is 9.52 Å². The molecule has 22 heavy (non-hydrogen) atoms. The van der Waals surface area contributed by atoms with Crippen LogP contribution in [-0.4, -0.2) is 21.4 Å². The van der Waals surface area contributed by atoms with Crippen LogP contribution in [0.25, 0.3) is 0 Å². The van der Waals surface area contributed by atoms with Gasteiger partial charge < -0.3 is 5.32 Å². The molecule has 1 amide bonds. The van der Waals surface area contributed by atoms with Crippen molar-refractivity contribution < 1.29 is 13.2 Å². The Morgan fingerprint density at radius 2 is 1.86 bits per heavy atom. The molecule has 0 saturated heterocycles. The Bertz CT molecular complexity index is 819. The first-order chi connectivity index (χ1) is 10.3. The van der Waals surface area contributed by atoms with Crippen molar-refractivity contribution in [3.8, 4) is 0 Å². The van der Waals surface area contributed by atoms with Crippen molar-refractivity contribution in [3.05, 3.63) is 58.6 Å². The van der Waals surface area contributed by atoms with Crippen molar-refractivity contribution in [1.29, 1.82) is 0 Å². The van der Waals surface area contributed by atoms with Crippen LogP contribution in [0.5, 0.6) is 0 Å². The summed E-state index contributed by atoms with van der Waals surface area (Å²) in [7, 11) is -2.35. The first-order valence-corrected chi connectivity index (χ1v) is 8.31. The lowest BCUT2D eigenvalue weighted by Gasteiger charge is -2.10. The number of nitrogens with one attached hydrogen (secondary N) is 2. The SMILES string of the molecule is CNC(=O)c1cc(S(=O)(=O)Nc2cccc(C)c2)ccc1Cl. The second-order valence-corrected chi connectivity index (χ2v) is 6.79. The highest BCUT2D eigenvalue weighted by Crippen LogP contribution is 2.22. The van der Waals surface area contributed by atoms with E-state index >= 15 is 0 Å². The molecule has 0 saturated carbocycles. The minimum absolute atomic E-state index is 0.0305. The maximum atomic E-state index is 12.4. The van der Waals surface area contributed by atoms with Crippen LogP contribution in [0.2, 0.25) is 5.02 Å². The average molecular weight is 339 g/mol. The zero-order valence-electron chi connectivity index (χ0n) is 12.1. The van der Waals surface area contributed by atoms with Gasteiger partial charge in [-0.05, 0) is 42.8 Å². The molecular weight excluding hydrogens is 324 g/mol. The lowest BCUT2D eigenvalue weighted by atomic mass is 10.2. The molecule has 0 fully saturated rings. The molecule has 5 nitrogen and oxygen atoms in total. The smallest absolute Gasteiger partial charge is 0.261 e. The average Bonchev–Trinajstić information content (AvgIpc) is 2.46. The number of rotatable bonds is 4. The number of halogens is 1. The van der Waals surface area contributed by atoms with Crippen molar-refractivity contribution in [2.45, 2.75) is 11.8 Å². The number of hydrogen-bond donors (Lipinski definition) is 2. The summed E-state index contributed by atoms with van der Waals surface area (Å²) in [6.07, 6.45) is 0. The summed E-state index contributed by atoms with van der Waals surface area (Å²) in [5, 5.41) is 2.61. The van der Waals surface area contributed by atoms with E-state index in [0.717, 1.165) is 5.56 Å². The number of hydrogen-bond acceptors (Lipinski definition) is 3. The molecule has 2 N–H and O–H groups in total. The highest BCUT2D eigenvalue weighted by Gasteiger charge is 2.18. The standard InChI is InChI=1S/C15H15ClN2O3S/c1-10-4-3-5-11(8-10)18-22(20,21)12-6-7-14(16)13(9-12)15(19)17-2/h3-9,18H,1-2H3,(H,17,19). The Hall–Kier alpha value is -2.05. The van der Waals surface area contributed by atoms with E-state index in [2.05, 4.69) is 10.0 Å². The van der Waals surface area contributed by atoms with E-state index in [9.17, 15) is 13.2 Å². The van der Waals surface area contributed by atoms with E-state index in [0.29, 0.717) is 5.69 Å². The number of anilines is 1. The van der Waals surface area contributed by atoms with Gasteiger partial charge in [-0.2, -0.15) is 0 Å². The van der Waals surface area contributed by atoms with Gasteiger partial charge in [-0.15, -0.1) is 0 Å².